The van der Waals surface area contributed by atoms with Crippen LogP contribution >= 0.6 is 7.75 Å². The third-order valence-corrected chi connectivity index (χ3v) is 8.25. The van der Waals surface area contributed by atoms with Crippen LogP contribution in [0.4, 0.5) is 16.0 Å². The first-order chi connectivity index (χ1) is 20.9. The van der Waals surface area contributed by atoms with Crippen molar-refractivity contribution in [2.45, 2.75) is 64.8 Å². The molecule has 1 fully saturated rings. The minimum atomic E-state index is -4.52. The summed E-state index contributed by atoms with van der Waals surface area (Å²) in [7, 11) is -3.17. The summed E-state index contributed by atoms with van der Waals surface area (Å²) in [5.41, 5.74) is 2.95. The standard InChI is InChI=1S/C26H35FN7O10P/c1-14(22(36)41-12-25(2,3)4)32-45(39,44-16-9-7-15(8-10-16)34(37)38)42-11-17-19(35)26(5,27)23(43-17)33-13-29-18-20(33)30-24(28)31-21(18)40-6/h7-10,13-14,17,19,23,35H,11-12H2,1-6H3,(H,32,39)(H2,28,30,31)/t14-,17+,19+,23+,26+,45?/m0/s1. The first kappa shape index (κ1) is 33.9. The quantitative estimate of drug-likeness (QED) is 0.110. The van der Waals surface area contributed by atoms with E-state index in [-0.39, 0.29) is 46.5 Å². The van der Waals surface area contributed by atoms with Crippen molar-refractivity contribution in [3.05, 3.63) is 40.7 Å². The number of methoxy groups -OCH3 is 1. The number of nitrogens with one attached hydrogen (secondary N) is 1. The fourth-order valence-electron chi connectivity index (χ4n) is 4.30. The number of hydrogen-bond donors (Lipinski definition) is 3. The second-order valence-electron chi connectivity index (χ2n) is 11.7. The molecule has 45 heavy (non-hydrogen) atoms. The maximum Gasteiger partial charge on any atom is 0.459 e. The topological polar surface area (TPSA) is 225 Å². The molecule has 4 N–H and O–H groups in total. The molecule has 0 saturated carbocycles. The second-order valence-corrected chi connectivity index (χ2v) is 13.4. The Hall–Kier alpha value is -3.96. The van der Waals surface area contributed by atoms with Crippen LogP contribution in [-0.4, -0.2) is 79.8 Å². The van der Waals surface area contributed by atoms with E-state index in [4.69, 9.17) is 29.0 Å². The number of rotatable bonds is 12. The van der Waals surface area contributed by atoms with E-state index in [2.05, 4.69) is 20.0 Å². The van der Waals surface area contributed by atoms with E-state index >= 15 is 4.39 Å². The number of imidazole rings is 1. The van der Waals surface area contributed by atoms with Crippen LogP contribution in [0.25, 0.3) is 11.2 Å². The van der Waals surface area contributed by atoms with Gasteiger partial charge in [-0.05, 0) is 31.4 Å². The number of fused-ring (bicyclic) bond motifs is 1. The van der Waals surface area contributed by atoms with Crippen LogP contribution in [0.1, 0.15) is 40.8 Å². The number of aliphatic hydroxyl groups excluding tert-OH is 1. The van der Waals surface area contributed by atoms with Gasteiger partial charge in [-0.15, -0.1) is 0 Å². The van der Waals surface area contributed by atoms with Gasteiger partial charge in [0.25, 0.3) is 5.69 Å². The summed E-state index contributed by atoms with van der Waals surface area (Å²) in [5.74, 6) is -1.01. The molecule has 17 nitrogen and oxygen atoms in total. The van der Waals surface area contributed by atoms with Crippen LogP contribution in [0, 0.1) is 15.5 Å². The van der Waals surface area contributed by atoms with Crippen molar-refractivity contribution in [1.29, 1.82) is 0 Å². The van der Waals surface area contributed by atoms with E-state index in [0.29, 0.717) is 0 Å². The number of ether oxygens (including phenoxy) is 3. The van der Waals surface area contributed by atoms with E-state index in [1.54, 1.807) is 0 Å². The number of nitro groups is 1. The van der Waals surface area contributed by atoms with Crippen LogP contribution in [-0.2, 0) is 23.4 Å². The lowest BCUT2D eigenvalue weighted by Crippen LogP contribution is -2.41. The number of nitro benzene ring substituents is 1. The lowest BCUT2D eigenvalue weighted by Gasteiger charge is -2.26. The number of esters is 1. The van der Waals surface area contributed by atoms with Gasteiger partial charge in [0.05, 0.1) is 31.6 Å². The Labute approximate surface area is 256 Å². The number of nitrogen functional groups attached to an aromatic ring is 1. The summed E-state index contributed by atoms with van der Waals surface area (Å²) in [5, 5.41) is 24.4. The molecule has 6 atom stereocenters. The molecule has 0 spiro atoms. The Bertz CT molecular complexity index is 1600. The maximum absolute atomic E-state index is 16.0. The minimum Gasteiger partial charge on any atom is -0.479 e. The van der Waals surface area contributed by atoms with E-state index in [1.807, 2.05) is 20.8 Å². The first-order valence-corrected chi connectivity index (χ1v) is 15.2. The number of aromatic nitrogens is 4. The van der Waals surface area contributed by atoms with Gasteiger partial charge in [-0.3, -0.25) is 24.0 Å². The molecule has 3 heterocycles. The van der Waals surface area contributed by atoms with Gasteiger partial charge in [0.15, 0.2) is 23.1 Å². The molecule has 1 unspecified atom stereocenters. The average Bonchev–Trinajstić information content (AvgIpc) is 3.47. The van der Waals surface area contributed by atoms with Gasteiger partial charge in [-0.1, -0.05) is 20.8 Å². The number of anilines is 1. The maximum atomic E-state index is 16.0. The largest absolute Gasteiger partial charge is 0.479 e. The highest BCUT2D eigenvalue weighted by molar-refractivity contribution is 7.52. The summed E-state index contributed by atoms with van der Waals surface area (Å²) in [4.78, 5) is 35.3. The van der Waals surface area contributed by atoms with Gasteiger partial charge in [0.1, 0.15) is 24.0 Å². The Balaban J connectivity index is 1.56. The lowest BCUT2D eigenvalue weighted by molar-refractivity contribution is -0.384. The predicted octanol–water partition coefficient (Wildman–Crippen LogP) is 3.08. The highest BCUT2D eigenvalue weighted by Gasteiger charge is 2.56. The van der Waals surface area contributed by atoms with E-state index in [0.717, 1.165) is 19.1 Å². The molecule has 19 heteroatoms. The zero-order valence-electron chi connectivity index (χ0n) is 25.4. The summed E-state index contributed by atoms with van der Waals surface area (Å²) in [6.45, 7) is 7.40. The monoisotopic (exact) mass is 655 g/mol. The average molecular weight is 656 g/mol. The van der Waals surface area contributed by atoms with Crippen molar-refractivity contribution in [1.82, 2.24) is 24.6 Å². The number of nitrogens with zero attached hydrogens (tertiary/aromatic N) is 5. The number of aliphatic hydroxyl groups is 1. The second kappa shape index (κ2) is 12.8. The number of nitrogens with two attached hydrogens (primary N) is 1. The van der Waals surface area contributed by atoms with E-state index < -0.39 is 55.4 Å². The predicted molar refractivity (Wildman–Crippen MR) is 156 cm³/mol. The number of non-ortho nitro benzene ring substituents is 1. The first-order valence-electron chi connectivity index (χ1n) is 13.6. The molecule has 4 rings (SSSR count). The van der Waals surface area contributed by atoms with Crippen molar-refractivity contribution in [2.75, 3.05) is 26.1 Å². The van der Waals surface area contributed by atoms with Crippen LogP contribution in [0.3, 0.4) is 0 Å². The van der Waals surface area contributed by atoms with E-state index in [1.165, 1.54) is 37.1 Å². The number of benzene rings is 1. The molecule has 0 bridgehead atoms. The Morgan fingerprint density at radius 2 is 2.00 bits per heavy atom. The SMILES string of the molecule is COc1nc(N)nc2c1ncn2[C@@H]1O[C@H](COP(=O)(N[C@@H](C)C(=O)OCC(C)(C)C)Oc2ccc([N+](=O)[O-])cc2)[C@@H](O)[C@@]1(C)F. The fraction of sp³-hybridized carbons (Fsp3) is 0.538. The van der Waals surface area contributed by atoms with Crippen LogP contribution < -0.4 is 20.1 Å². The van der Waals surface area contributed by atoms with Crippen molar-refractivity contribution in [2.24, 2.45) is 5.41 Å². The highest BCUT2D eigenvalue weighted by Crippen LogP contribution is 2.48. The van der Waals surface area contributed by atoms with Crippen molar-refractivity contribution in [3.8, 4) is 11.6 Å². The Kier molecular flexibility index (Phi) is 9.65. The minimum absolute atomic E-state index is 0.0424. The summed E-state index contributed by atoms with van der Waals surface area (Å²) >= 11 is 0. The molecular formula is C26H35FN7O10P. The summed E-state index contributed by atoms with van der Waals surface area (Å²) < 4.78 is 58.6. The summed E-state index contributed by atoms with van der Waals surface area (Å²) in [6.07, 6.45) is -3.51. The smallest absolute Gasteiger partial charge is 0.459 e. The number of carbonyl (C=O) groups excluding carboxylic acids is 1. The zero-order valence-corrected chi connectivity index (χ0v) is 26.3. The number of hydrogen-bond acceptors (Lipinski definition) is 14. The fourth-order valence-corrected chi connectivity index (χ4v) is 5.80. The molecule has 246 valence electrons. The molecule has 0 amide bonds. The zero-order chi connectivity index (χ0) is 33.3. The van der Waals surface area contributed by atoms with Gasteiger partial charge in [0.2, 0.25) is 11.8 Å². The van der Waals surface area contributed by atoms with Crippen LogP contribution in [0.15, 0.2) is 30.6 Å². The Morgan fingerprint density at radius 3 is 2.60 bits per heavy atom. The molecular weight excluding hydrogens is 620 g/mol. The molecule has 1 aromatic carbocycles. The molecule has 3 aromatic rings. The molecule has 0 aliphatic carbocycles. The Morgan fingerprint density at radius 1 is 1.33 bits per heavy atom. The third-order valence-electron chi connectivity index (χ3n) is 6.60. The van der Waals surface area contributed by atoms with Gasteiger partial charge in [0, 0.05) is 12.1 Å². The number of halogens is 1. The molecule has 2 aromatic heterocycles. The normalized spacial score (nSPS) is 23.8. The van der Waals surface area contributed by atoms with Gasteiger partial charge in [-0.2, -0.15) is 15.1 Å². The number of carbonyl (C=O) groups is 1. The lowest BCUT2D eigenvalue weighted by atomic mass is 9.98. The van der Waals surface area contributed by atoms with Gasteiger partial charge >= 0.3 is 13.7 Å². The van der Waals surface area contributed by atoms with Crippen molar-refractivity contribution >= 4 is 36.5 Å². The molecule has 1 aliphatic rings. The summed E-state index contributed by atoms with van der Waals surface area (Å²) in [6, 6.07) is 3.37. The van der Waals surface area contributed by atoms with Crippen molar-refractivity contribution < 1.29 is 47.0 Å². The molecule has 1 saturated heterocycles. The van der Waals surface area contributed by atoms with Crippen LogP contribution in [0.2, 0.25) is 0 Å². The van der Waals surface area contributed by atoms with Gasteiger partial charge < -0.3 is 29.6 Å². The number of alkyl halides is 1. The highest BCUT2D eigenvalue weighted by atomic mass is 31.2. The molecule has 1 aliphatic heterocycles. The third kappa shape index (κ3) is 7.65. The van der Waals surface area contributed by atoms with Crippen LogP contribution in [0.5, 0.6) is 11.6 Å². The van der Waals surface area contributed by atoms with Crippen molar-refractivity contribution in [3.63, 3.8) is 0 Å². The van der Waals surface area contributed by atoms with E-state index in [9.17, 15) is 24.6 Å². The molecule has 0 radical (unpaired) electrons. The van der Waals surface area contributed by atoms with Gasteiger partial charge in [-0.25, -0.2) is 13.9 Å².